The lowest BCUT2D eigenvalue weighted by molar-refractivity contribution is 0.940. The summed E-state index contributed by atoms with van der Waals surface area (Å²) in [5, 5.41) is 3.66. The van der Waals surface area contributed by atoms with Crippen molar-refractivity contribution in [1.29, 1.82) is 0 Å². The van der Waals surface area contributed by atoms with E-state index in [1.165, 1.54) is 35.1 Å². The van der Waals surface area contributed by atoms with E-state index in [1.54, 1.807) is 11.3 Å². The number of anilines is 1. The zero-order chi connectivity index (χ0) is 16.0. The summed E-state index contributed by atoms with van der Waals surface area (Å²) in [6, 6.07) is 6.62. The maximum Gasteiger partial charge on any atom is 0.225 e. The molecule has 0 amide bonds. The Morgan fingerprint density at radius 3 is 2.61 bits per heavy atom. The van der Waals surface area contributed by atoms with Crippen molar-refractivity contribution in [1.82, 2.24) is 9.97 Å². The van der Waals surface area contributed by atoms with Crippen LogP contribution in [0.15, 0.2) is 23.6 Å². The predicted molar refractivity (Wildman–Crippen MR) is 98.8 cm³/mol. The summed E-state index contributed by atoms with van der Waals surface area (Å²) in [7, 11) is 0. The molecule has 1 aliphatic heterocycles. The molecule has 3 aromatic rings. The molecule has 118 valence electrons. The number of aryl methyl sites for hydroxylation is 2. The van der Waals surface area contributed by atoms with Crippen molar-refractivity contribution in [2.75, 3.05) is 18.0 Å². The topological polar surface area (TPSA) is 29.0 Å². The molecular formula is C18H18ClN3S. The Bertz CT molecular complexity index is 881. The molecule has 1 fully saturated rings. The fraction of sp³-hybridized carbons (Fsp3) is 0.333. The smallest absolute Gasteiger partial charge is 0.225 e. The molecule has 1 saturated heterocycles. The maximum atomic E-state index is 6.16. The fourth-order valence-corrected chi connectivity index (χ4v) is 4.33. The number of rotatable bonds is 2. The molecule has 3 nitrogen and oxygen atoms in total. The lowest BCUT2D eigenvalue weighted by Gasteiger charge is -2.18. The van der Waals surface area contributed by atoms with Gasteiger partial charge >= 0.3 is 0 Å². The highest BCUT2D eigenvalue weighted by molar-refractivity contribution is 7.17. The Kier molecular flexibility index (Phi) is 3.74. The van der Waals surface area contributed by atoms with Gasteiger partial charge in [0.25, 0.3) is 0 Å². The third kappa shape index (κ3) is 2.60. The highest BCUT2D eigenvalue weighted by atomic mass is 35.5. The highest BCUT2D eigenvalue weighted by Crippen LogP contribution is 2.40. The van der Waals surface area contributed by atoms with Crippen LogP contribution in [0.25, 0.3) is 21.3 Å². The minimum atomic E-state index is 0.341. The molecule has 0 aliphatic carbocycles. The minimum absolute atomic E-state index is 0.341. The zero-order valence-corrected chi connectivity index (χ0v) is 14.8. The first-order valence-electron chi connectivity index (χ1n) is 7.91. The lowest BCUT2D eigenvalue weighted by atomic mass is 10.0. The van der Waals surface area contributed by atoms with Gasteiger partial charge in [0.15, 0.2) is 0 Å². The lowest BCUT2D eigenvalue weighted by Crippen LogP contribution is -2.19. The number of hydrogen-bond acceptors (Lipinski definition) is 4. The van der Waals surface area contributed by atoms with Gasteiger partial charge in [0.1, 0.15) is 10.6 Å². The van der Waals surface area contributed by atoms with Gasteiger partial charge in [0, 0.05) is 24.0 Å². The number of hydrogen-bond donors (Lipinski definition) is 0. The summed E-state index contributed by atoms with van der Waals surface area (Å²) < 4.78 is 0. The van der Waals surface area contributed by atoms with E-state index in [9.17, 15) is 0 Å². The quantitative estimate of drug-likeness (QED) is 0.597. The fourth-order valence-electron chi connectivity index (χ4n) is 3.18. The summed E-state index contributed by atoms with van der Waals surface area (Å²) in [6.07, 6.45) is 2.43. The van der Waals surface area contributed by atoms with Gasteiger partial charge in [-0.15, -0.1) is 11.3 Å². The van der Waals surface area contributed by atoms with Crippen molar-refractivity contribution in [3.05, 3.63) is 40.0 Å². The minimum Gasteiger partial charge on any atom is -0.356 e. The normalized spacial score (nSPS) is 14.8. The van der Waals surface area contributed by atoms with E-state index < -0.39 is 0 Å². The molecule has 2 aromatic heterocycles. The van der Waals surface area contributed by atoms with Crippen LogP contribution in [-0.2, 0) is 0 Å². The first-order valence-corrected chi connectivity index (χ1v) is 9.16. The number of aromatic nitrogens is 2. The molecule has 0 unspecified atom stereocenters. The number of nitrogens with zero attached hydrogens (tertiary/aromatic N) is 3. The number of benzene rings is 1. The van der Waals surface area contributed by atoms with Gasteiger partial charge in [-0.05, 0) is 55.0 Å². The second kappa shape index (κ2) is 5.77. The van der Waals surface area contributed by atoms with Crippen LogP contribution in [0.5, 0.6) is 0 Å². The van der Waals surface area contributed by atoms with Gasteiger partial charge < -0.3 is 4.90 Å². The molecule has 0 spiro atoms. The van der Waals surface area contributed by atoms with Crippen LogP contribution in [0.4, 0.5) is 5.82 Å². The molecule has 0 bridgehead atoms. The van der Waals surface area contributed by atoms with Crippen LogP contribution in [0.1, 0.15) is 24.0 Å². The van der Waals surface area contributed by atoms with Crippen molar-refractivity contribution in [3.63, 3.8) is 0 Å². The van der Waals surface area contributed by atoms with Crippen LogP contribution in [0.3, 0.4) is 0 Å². The Hall–Kier alpha value is -1.65. The highest BCUT2D eigenvalue weighted by Gasteiger charge is 2.21. The van der Waals surface area contributed by atoms with E-state index in [0.717, 1.165) is 29.1 Å². The molecule has 0 atom stereocenters. The molecule has 5 heteroatoms. The zero-order valence-electron chi connectivity index (χ0n) is 13.3. The first kappa shape index (κ1) is 14.9. The Balaban J connectivity index is 1.95. The Labute approximate surface area is 144 Å². The third-order valence-corrected chi connectivity index (χ3v) is 5.65. The van der Waals surface area contributed by atoms with Crippen molar-refractivity contribution in [2.45, 2.75) is 26.7 Å². The van der Waals surface area contributed by atoms with Crippen LogP contribution >= 0.6 is 22.9 Å². The van der Waals surface area contributed by atoms with Crippen LogP contribution in [0.2, 0.25) is 5.28 Å². The van der Waals surface area contributed by atoms with Gasteiger partial charge in [-0.25, -0.2) is 4.98 Å². The molecule has 3 heterocycles. The average molecular weight is 344 g/mol. The maximum absolute atomic E-state index is 6.16. The van der Waals surface area contributed by atoms with Gasteiger partial charge in [-0.3, -0.25) is 0 Å². The second-order valence-corrected chi connectivity index (χ2v) is 7.34. The van der Waals surface area contributed by atoms with E-state index >= 15 is 0 Å². The molecular weight excluding hydrogens is 326 g/mol. The van der Waals surface area contributed by atoms with Gasteiger partial charge in [-0.1, -0.05) is 18.2 Å². The largest absolute Gasteiger partial charge is 0.356 e. The third-order valence-electron chi connectivity index (χ3n) is 4.61. The Morgan fingerprint density at radius 2 is 1.87 bits per heavy atom. The van der Waals surface area contributed by atoms with Crippen molar-refractivity contribution >= 4 is 39.0 Å². The number of fused-ring (bicyclic) bond motifs is 1. The van der Waals surface area contributed by atoms with Crippen molar-refractivity contribution in [3.8, 4) is 11.1 Å². The van der Waals surface area contributed by atoms with E-state index in [1.807, 2.05) is 0 Å². The molecule has 0 saturated carbocycles. The molecule has 1 aliphatic rings. The predicted octanol–water partition coefficient (Wildman–Crippen LogP) is 5.23. The van der Waals surface area contributed by atoms with Crippen LogP contribution in [-0.4, -0.2) is 23.1 Å². The number of thiophene rings is 1. The van der Waals surface area contributed by atoms with Gasteiger partial charge in [0.2, 0.25) is 5.28 Å². The summed E-state index contributed by atoms with van der Waals surface area (Å²) in [4.78, 5) is 12.3. The van der Waals surface area contributed by atoms with Crippen LogP contribution < -0.4 is 4.90 Å². The molecule has 1 aromatic carbocycles. The SMILES string of the molecule is Cc1ccc(-c2csc3nc(Cl)nc(N4CCCC4)c23)cc1C. The van der Waals surface area contributed by atoms with E-state index in [2.05, 4.69) is 52.3 Å². The monoisotopic (exact) mass is 343 g/mol. The molecule has 4 rings (SSSR count). The summed E-state index contributed by atoms with van der Waals surface area (Å²) in [5.74, 6) is 0.993. The molecule has 23 heavy (non-hydrogen) atoms. The molecule has 0 N–H and O–H groups in total. The second-order valence-electron chi connectivity index (χ2n) is 6.14. The average Bonchev–Trinajstić information content (AvgIpc) is 3.18. The van der Waals surface area contributed by atoms with Gasteiger partial charge in [0.05, 0.1) is 5.39 Å². The van der Waals surface area contributed by atoms with E-state index in [0.29, 0.717) is 5.28 Å². The summed E-state index contributed by atoms with van der Waals surface area (Å²) in [6.45, 7) is 6.39. The summed E-state index contributed by atoms with van der Waals surface area (Å²) >= 11 is 7.81. The first-order chi connectivity index (χ1) is 11.1. The van der Waals surface area contributed by atoms with Crippen molar-refractivity contribution in [2.24, 2.45) is 0 Å². The van der Waals surface area contributed by atoms with Crippen molar-refractivity contribution < 1.29 is 0 Å². The van der Waals surface area contributed by atoms with E-state index in [-0.39, 0.29) is 0 Å². The van der Waals surface area contributed by atoms with E-state index in [4.69, 9.17) is 11.6 Å². The number of halogens is 1. The Morgan fingerprint density at radius 1 is 1.09 bits per heavy atom. The summed E-state index contributed by atoms with van der Waals surface area (Å²) in [5.41, 5.74) is 5.06. The van der Waals surface area contributed by atoms with Gasteiger partial charge in [-0.2, -0.15) is 4.98 Å². The standard InChI is InChI=1S/C18H18ClN3S/c1-11-5-6-13(9-12(11)2)14-10-23-17-15(14)16(20-18(19)21-17)22-7-3-4-8-22/h5-6,9-10H,3-4,7-8H2,1-2H3. The molecule has 0 radical (unpaired) electrons. The van der Waals surface area contributed by atoms with Crippen LogP contribution in [0, 0.1) is 13.8 Å².